The lowest BCUT2D eigenvalue weighted by Gasteiger charge is -2.25. The summed E-state index contributed by atoms with van der Waals surface area (Å²) in [5, 5.41) is 8.41. The maximum absolute atomic E-state index is 13.6. The highest BCUT2D eigenvalue weighted by molar-refractivity contribution is 5.98. The van der Waals surface area contributed by atoms with E-state index in [9.17, 15) is 9.18 Å². The molecule has 0 spiro atoms. The fourth-order valence-electron chi connectivity index (χ4n) is 4.72. The fraction of sp³-hybridized carbons (Fsp3) is 0.364. The van der Waals surface area contributed by atoms with Gasteiger partial charge in [0.15, 0.2) is 0 Å². The van der Waals surface area contributed by atoms with E-state index in [1.165, 1.54) is 16.9 Å². The number of hydrogen-bond donors (Lipinski definition) is 0. The Labute approximate surface area is 173 Å². The zero-order valence-corrected chi connectivity index (χ0v) is 16.6. The number of aryl methyl sites for hydroxylation is 1. The van der Waals surface area contributed by atoms with Crippen molar-refractivity contribution in [2.45, 2.75) is 38.3 Å². The van der Waals surface area contributed by atoms with Crippen LogP contribution in [-0.4, -0.2) is 49.5 Å². The largest absolute Gasteiger partial charge is 0.477 e. The Hall–Kier alpha value is -3.29. The number of amides is 1. The van der Waals surface area contributed by atoms with E-state index in [1.807, 2.05) is 30.0 Å². The SMILES string of the molecule is Cc1ccc(-n2nccn2)c(C(=O)N2[C@@H]3CC[C@H]2[C@H](COc2ccc(F)cn2)C3)c1. The Bertz CT molecular complexity index is 1050. The third kappa shape index (κ3) is 3.32. The molecule has 0 radical (unpaired) electrons. The van der Waals surface area contributed by atoms with Crippen LogP contribution in [-0.2, 0) is 0 Å². The van der Waals surface area contributed by atoms with Gasteiger partial charge in [0.25, 0.3) is 5.91 Å². The highest BCUT2D eigenvalue weighted by Gasteiger charge is 2.49. The second-order valence-electron chi connectivity index (χ2n) is 7.97. The summed E-state index contributed by atoms with van der Waals surface area (Å²) in [7, 11) is 0. The minimum absolute atomic E-state index is 0.0147. The minimum atomic E-state index is -0.389. The van der Waals surface area contributed by atoms with Gasteiger partial charge in [0.2, 0.25) is 5.88 Å². The predicted molar refractivity (Wildman–Crippen MR) is 107 cm³/mol. The summed E-state index contributed by atoms with van der Waals surface area (Å²) < 4.78 is 18.8. The molecule has 2 fully saturated rings. The van der Waals surface area contributed by atoms with Crippen LogP contribution in [0.4, 0.5) is 4.39 Å². The highest BCUT2D eigenvalue weighted by Crippen LogP contribution is 2.43. The summed E-state index contributed by atoms with van der Waals surface area (Å²) in [5.74, 6) is 0.263. The molecular formula is C22H22FN5O2. The molecule has 154 valence electrons. The Morgan fingerprint density at radius 2 is 2.03 bits per heavy atom. The number of carbonyl (C=O) groups excluding carboxylic acids is 1. The molecule has 30 heavy (non-hydrogen) atoms. The van der Waals surface area contributed by atoms with E-state index >= 15 is 0 Å². The van der Waals surface area contributed by atoms with Crippen molar-refractivity contribution in [2.75, 3.05) is 6.61 Å². The molecule has 1 amide bonds. The van der Waals surface area contributed by atoms with Crippen LogP contribution in [0.3, 0.4) is 0 Å². The number of carbonyl (C=O) groups is 1. The zero-order chi connectivity index (χ0) is 20.7. The zero-order valence-electron chi connectivity index (χ0n) is 16.6. The van der Waals surface area contributed by atoms with Crippen LogP contribution < -0.4 is 4.74 Å². The van der Waals surface area contributed by atoms with E-state index in [-0.39, 0.29) is 29.7 Å². The van der Waals surface area contributed by atoms with Gasteiger partial charge in [0.05, 0.1) is 36.4 Å². The van der Waals surface area contributed by atoms with Crippen molar-refractivity contribution in [1.82, 2.24) is 24.9 Å². The summed E-state index contributed by atoms with van der Waals surface area (Å²) in [4.78, 5) is 21.1. The predicted octanol–water partition coefficient (Wildman–Crippen LogP) is 3.18. The van der Waals surface area contributed by atoms with E-state index < -0.39 is 0 Å². The van der Waals surface area contributed by atoms with Crippen LogP contribution in [0, 0.1) is 18.7 Å². The third-order valence-electron chi connectivity index (χ3n) is 6.06. The van der Waals surface area contributed by atoms with Crippen LogP contribution >= 0.6 is 0 Å². The molecule has 5 rings (SSSR count). The van der Waals surface area contributed by atoms with Crippen molar-refractivity contribution in [3.05, 3.63) is 65.9 Å². The van der Waals surface area contributed by atoms with E-state index in [0.29, 0.717) is 23.7 Å². The first-order valence-corrected chi connectivity index (χ1v) is 10.1. The number of halogens is 1. The van der Waals surface area contributed by atoms with Gasteiger partial charge in [-0.25, -0.2) is 9.37 Å². The number of rotatable bonds is 5. The van der Waals surface area contributed by atoms with Crippen molar-refractivity contribution >= 4 is 5.91 Å². The molecule has 0 unspecified atom stereocenters. The smallest absolute Gasteiger partial charge is 0.256 e. The van der Waals surface area contributed by atoms with Gasteiger partial charge in [0.1, 0.15) is 5.82 Å². The maximum atomic E-state index is 13.6. The first kappa shape index (κ1) is 18.7. The standard InChI is InChI=1S/C22H22FN5O2/c1-14-2-5-20(28-25-8-9-26-28)18(10-14)22(29)27-17-4-6-19(27)15(11-17)13-30-21-7-3-16(23)12-24-21/h2-3,5,7-10,12,15,17,19H,4,6,11,13H2,1H3/t15-,17+,19-/m0/s1. The number of fused-ring (bicyclic) bond motifs is 2. The topological polar surface area (TPSA) is 73.1 Å². The van der Waals surface area contributed by atoms with Gasteiger partial charge < -0.3 is 9.64 Å². The second-order valence-corrected chi connectivity index (χ2v) is 7.97. The van der Waals surface area contributed by atoms with E-state index in [1.54, 1.807) is 12.4 Å². The summed E-state index contributed by atoms with van der Waals surface area (Å²) in [6.45, 7) is 2.44. The van der Waals surface area contributed by atoms with Crippen LogP contribution in [0.2, 0.25) is 0 Å². The van der Waals surface area contributed by atoms with Crippen molar-refractivity contribution in [3.8, 4) is 11.6 Å². The average Bonchev–Trinajstić information content (AvgIpc) is 3.49. The van der Waals surface area contributed by atoms with Crippen LogP contribution in [0.1, 0.15) is 35.2 Å². The molecule has 4 heterocycles. The molecule has 8 heteroatoms. The molecule has 3 atom stereocenters. The molecule has 2 bridgehead atoms. The van der Waals surface area contributed by atoms with E-state index in [0.717, 1.165) is 31.0 Å². The number of hydrogen-bond acceptors (Lipinski definition) is 5. The Kier molecular flexibility index (Phi) is 4.69. The van der Waals surface area contributed by atoms with Crippen LogP contribution in [0.25, 0.3) is 5.69 Å². The number of ether oxygens (including phenoxy) is 1. The quantitative estimate of drug-likeness (QED) is 0.650. The van der Waals surface area contributed by atoms with Crippen LogP contribution in [0.15, 0.2) is 48.9 Å². The van der Waals surface area contributed by atoms with Crippen molar-refractivity contribution in [3.63, 3.8) is 0 Å². The van der Waals surface area contributed by atoms with Gasteiger partial charge >= 0.3 is 0 Å². The molecule has 1 aromatic carbocycles. The van der Waals surface area contributed by atoms with Gasteiger partial charge in [-0.2, -0.15) is 15.0 Å². The van der Waals surface area contributed by atoms with Gasteiger partial charge in [0, 0.05) is 24.1 Å². The Balaban J connectivity index is 1.36. The molecule has 0 N–H and O–H groups in total. The molecule has 3 aromatic rings. The first-order valence-electron chi connectivity index (χ1n) is 10.1. The number of nitrogens with zero attached hydrogens (tertiary/aromatic N) is 5. The monoisotopic (exact) mass is 407 g/mol. The normalized spacial score (nSPS) is 22.5. The number of benzene rings is 1. The van der Waals surface area contributed by atoms with E-state index in [2.05, 4.69) is 15.2 Å². The van der Waals surface area contributed by atoms with Gasteiger partial charge in [-0.3, -0.25) is 4.79 Å². The molecule has 0 aliphatic carbocycles. The lowest BCUT2D eigenvalue weighted by Crippen LogP contribution is -2.38. The number of aromatic nitrogens is 4. The molecule has 0 saturated carbocycles. The molecular weight excluding hydrogens is 385 g/mol. The molecule has 2 saturated heterocycles. The third-order valence-corrected chi connectivity index (χ3v) is 6.06. The Morgan fingerprint density at radius 3 is 2.80 bits per heavy atom. The Morgan fingerprint density at radius 1 is 1.20 bits per heavy atom. The van der Waals surface area contributed by atoms with Crippen molar-refractivity contribution in [1.29, 1.82) is 0 Å². The van der Waals surface area contributed by atoms with E-state index in [4.69, 9.17) is 4.74 Å². The molecule has 2 aromatic heterocycles. The minimum Gasteiger partial charge on any atom is -0.477 e. The number of pyridine rings is 1. The average molecular weight is 407 g/mol. The summed E-state index contributed by atoms with van der Waals surface area (Å²) in [6.07, 6.45) is 7.22. The summed E-state index contributed by atoms with van der Waals surface area (Å²) >= 11 is 0. The lowest BCUT2D eigenvalue weighted by molar-refractivity contribution is 0.0709. The summed E-state index contributed by atoms with van der Waals surface area (Å²) in [6, 6.07) is 8.95. The summed E-state index contributed by atoms with van der Waals surface area (Å²) in [5.41, 5.74) is 2.32. The van der Waals surface area contributed by atoms with Crippen LogP contribution in [0.5, 0.6) is 5.88 Å². The first-order chi connectivity index (χ1) is 14.6. The highest BCUT2D eigenvalue weighted by atomic mass is 19.1. The van der Waals surface area contributed by atoms with Gasteiger partial charge in [-0.05, 0) is 44.4 Å². The molecule has 7 nitrogen and oxygen atoms in total. The fourth-order valence-corrected chi connectivity index (χ4v) is 4.72. The van der Waals surface area contributed by atoms with Crippen molar-refractivity contribution in [2.24, 2.45) is 5.92 Å². The van der Waals surface area contributed by atoms with Crippen molar-refractivity contribution < 1.29 is 13.9 Å². The molecule has 2 aliphatic heterocycles. The van der Waals surface area contributed by atoms with Gasteiger partial charge in [-0.1, -0.05) is 11.6 Å². The maximum Gasteiger partial charge on any atom is 0.256 e. The second kappa shape index (κ2) is 7.51. The molecule has 2 aliphatic rings. The lowest BCUT2D eigenvalue weighted by atomic mass is 9.90. The van der Waals surface area contributed by atoms with Gasteiger partial charge in [-0.15, -0.1) is 0 Å².